The molecule has 0 aliphatic heterocycles. The number of nitrogens with zero attached hydrogens (tertiary/aromatic N) is 3. The molecule has 1 N–H and O–H groups in total. The summed E-state index contributed by atoms with van der Waals surface area (Å²) < 4.78 is 20.2. The number of nitriles is 1. The smallest absolute Gasteiger partial charge is 0.266 e. The molecule has 0 fully saturated rings. The Morgan fingerprint density at radius 3 is 2.68 bits per heavy atom. The number of halogens is 2. The van der Waals surface area contributed by atoms with Gasteiger partial charge in [0.05, 0.1) is 5.02 Å². The molecule has 0 bridgehead atoms. The van der Waals surface area contributed by atoms with E-state index in [4.69, 9.17) is 16.1 Å². The number of benzene rings is 1. The van der Waals surface area contributed by atoms with E-state index in [-0.39, 0.29) is 10.6 Å². The standard InChI is InChI=1S/C20H16ClFN4O2/c1-11-6-14(13(3)26(11)19-7-12(2)28-25-19)8-15(10-23)20(27)24-16-4-5-18(22)17(21)9-16/h4-9H,1-3H3,(H,24,27)/b15-8+. The van der Waals surface area contributed by atoms with E-state index in [1.54, 1.807) is 13.0 Å². The van der Waals surface area contributed by atoms with Gasteiger partial charge in [0, 0.05) is 23.1 Å². The van der Waals surface area contributed by atoms with Crippen molar-refractivity contribution in [1.29, 1.82) is 5.26 Å². The summed E-state index contributed by atoms with van der Waals surface area (Å²) in [4.78, 5) is 12.4. The molecule has 0 radical (unpaired) electrons. The molecule has 6 nitrogen and oxygen atoms in total. The van der Waals surface area contributed by atoms with Crippen LogP contribution in [0, 0.1) is 37.9 Å². The number of hydrogen-bond acceptors (Lipinski definition) is 4. The van der Waals surface area contributed by atoms with Crippen molar-refractivity contribution in [3.8, 4) is 11.9 Å². The van der Waals surface area contributed by atoms with Gasteiger partial charge in [0.1, 0.15) is 23.2 Å². The summed E-state index contributed by atoms with van der Waals surface area (Å²) in [6.45, 7) is 5.54. The highest BCUT2D eigenvalue weighted by Crippen LogP contribution is 2.24. The van der Waals surface area contributed by atoms with Crippen molar-refractivity contribution in [1.82, 2.24) is 9.72 Å². The lowest BCUT2D eigenvalue weighted by atomic mass is 10.1. The highest BCUT2D eigenvalue weighted by molar-refractivity contribution is 6.31. The largest absolute Gasteiger partial charge is 0.360 e. The third-order valence-electron chi connectivity index (χ3n) is 4.16. The minimum Gasteiger partial charge on any atom is -0.360 e. The zero-order chi connectivity index (χ0) is 20.4. The third kappa shape index (κ3) is 3.82. The van der Waals surface area contributed by atoms with Gasteiger partial charge in [-0.1, -0.05) is 16.8 Å². The zero-order valence-corrected chi connectivity index (χ0v) is 16.1. The van der Waals surface area contributed by atoms with Gasteiger partial charge in [-0.3, -0.25) is 9.36 Å². The molecule has 0 saturated carbocycles. The molecule has 28 heavy (non-hydrogen) atoms. The van der Waals surface area contributed by atoms with Gasteiger partial charge < -0.3 is 9.84 Å². The van der Waals surface area contributed by atoms with Crippen LogP contribution in [-0.2, 0) is 4.79 Å². The predicted molar refractivity (Wildman–Crippen MR) is 104 cm³/mol. The van der Waals surface area contributed by atoms with Crippen LogP contribution >= 0.6 is 11.6 Å². The van der Waals surface area contributed by atoms with E-state index in [0.29, 0.717) is 22.8 Å². The molecule has 2 aromatic heterocycles. The number of rotatable bonds is 4. The second-order valence-electron chi connectivity index (χ2n) is 6.21. The maximum Gasteiger partial charge on any atom is 0.266 e. The van der Waals surface area contributed by atoms with Gasteiger partial charge in [0.2, 0.25) is 0 Å². The highest BCUT2D eigenvalue weighted by Gasteiger charge is 2.16. The van der Waals surface area contributed by atoms with Crippen molar-refractivity contribution in [3.63, 3.8) is 0 Å². The Kier molecular flexibility index (Phi) is 5.34. The molecule has 142 valence electrons. The number of aryl methyl sites for hydroxylation is 2. The summed E-state index contributed by atoms with van der Waals surface area (Å²) in [7, 11) is 0. The summed E-state index contributed by atoms with van der Waals surface area (Å²) in [5.41, 5.74) is 2.57. The number of hydrogen-bond donors (Lipinski definition) is 1. The molecule has 0 atom stereocenters. The average molecular weight is 399 g/mol. The molecule has 3 rings (SSSR count). The Labute approximate surface area is 165 Å². The van der Waals surface area contributed by atoms with Crippen molar-refractivity contribution >= 4 is 29.3 Å². The minimum absolute atomic E-state index is 0.1000. The van der Waals surface area contributed by atoms with E-state index < -0.39 is 11.7 Å². The predicted octanol–water partition coefficient (Wildman–Crippen LogP) is 4.73. The monoisotopic (exact) mass is 398 g/mol. The number of aromatic nitrogens is 2. The second-order valence-corrected chi connectivity index (χ2v) is 6.62. The van der Waals surface area contributed by atoms with Gasteiger partial charge in [-0.25, -0.2) is 4.39 Å². The quantitative estimate of drug-likeness (QED) is 0.508. The first-order valence-electron chi connectivity index (χ1n) is 8.31. The van der Waals surface area contributed by atoms with E-state index >= 15 is 0 Å². The van der Waals surface area contributed by atoms with Gasteiger partial charge in [0.15, 0.2) is 5.82 Å². The van der Waals surface area contributed by atoms with Crippen molar-refractivity contribution in [3.05, 3.63) is 69.5 Å². The van der Waals surface area contributed by atoms with Crippen LogP contribution in [0.3, 0.4) is 0 Å². The molecule has 0 spiro atoms. The van der Waals surface area contributed by atoms with E-state index in [0.717, 1.165) is 17.5 Å². The first-order chi connectivity index (χ1) is 13.3. The van der Waals surface area contributed by atoms with E-state index in [1.165, 1.54) is 18.2 Å². The lowest BCUT2D eigenvalue weighted by molar-refractivity contribution is -0.112. The molecule has 1 amide bonds. The van der Waals surface area contributed by atoms with Gasteiger partial charge in [0.25, 0.3) is 5.91 Å². The highest BCUT2D eigenvalue weighted by atomic mass is 35.5. The van der Waals surface area contributed by atoms with E-state index in [2.05, 4.69) is 10.5 Å². The lowest BCUT2D eigenvalue weighted by Crippen LogP contribution is -2.13. The molecule has 0 saturated heterocycles. The van der Waals surface area contributed by atoms with Crippen LogP contribution in [-0.4, -0.2) is 15.6 Å². The number of nitrogens with one attached hydrogen (secondary N) is 1. The van der Waals surface area contributed by atoms with Crippen LogP contribution in [0.5, 0.6) is 0 Å². The van der Waals surface area contributed by atoms with Crippen molar-refractivity contribution in [2.45, 2.75) is 20.8 Å². The van der Waals surface area contributed by atoms with Crippen molar-refractivity contribution in [2.75, 3.05) is 5.32 Å². The maximum atomic E-state index is 13.3. The van der Waals surface area contributed by atoms with Crippen molar-refractivity contribution in [2.24, 2.45) is 0 Å². The Morgan fingerprint density at radius 2 is 2.07 bits per heavy atom. The maximum absolute atomic E-state index is 13.3. The van der Waals surface area contributed by atoms with Crippen LogP contribution in [0.4, 0.5) is 10.1 Å². The number of anilines is 1. The number of amides is 1. The van der Waals surface area contributed by atoms with E-state index in [9.17, 15) is 14.4 Å². The van der Waals surface area contributed by atoms with Crippen LogP contribution in [0.15, 0.2) is 40.4 Å². The zero-order valence-electron chi connectivity index (χ0n) is 15.4. The number of carbonyl (C=O) groups excluding carboxylic acids is 1. The Hall–Kier alpha value is -3.37. The fourth-order valence-electron chi connectivity index (χ4n) is 2.82. The van der Waals surface area contributed by atoms with Crippen molar-refractivity contribution < 1.29 is 13.7 Å². The van der Waals surface area contributed by atoms with Gasteiger partial charge in [-0.05, 0) is 56.7 Å². The fraction of sp³-hybridized carbons (Fsp3) is 0.150. The molecule has 0 unspecified atom stereocenters. The van der Waals surface area contributed by atoms with Gasteiger partial charge in [-0.2, -0.15) is 5.26 Å². The fourth-order valence-corrected chi connectivity index (χ4v) is 3.00. The molecule has 3 aromatic rings. The minimum atomic E-state index is -0.618. The van der Waals surface area contributed by atoms with E-state index in [1.807, 2.05) is 30.6 Å². The molecule has 0 aliphatic carbocycles. The van der Waals surface area contributed by atoms with Crippen LogP contribution < -0.4 is 5.32 Å². The SMILES string of the molecule is Cc1cc(-n2c(C)cc(/C=C(\C#N)C(=O)Nc3ccc(F)c(Cl)c3)c2C)no1. The molecular formula is C20H16ClFN4O2. The Balaban J connectivity index is 1.91. The lowest BCUT2D eigenvalue weighted by Gasteiger charge is -2.06. The second kappa shape index (κ2) is 7.71. The van der Waals surface area contributed by atoms with Crippen LogP contribution in [0.2, 0.25) is 5.02 Å². The molecular weight excluding hydrogens is 383 g/mol. The summed E-state index contributed by atoms with van der Waals surface area (Å²) in [5.74, 6) is 0.0872. The van der Waals surface area contributed by atoms with Gasteiger partial charge in [-0.15, -0.1) is 0 Å². The third-order valence-corrected chi connectivity index (χ3v) is 4.45. The van der Waals surface area contributed by atoms with Gasteiger partial charge >= 0.3 is 0 Å². The molecule has 2 heterocycles. The molecule has 1 aromatic carbocycles. The van der Waals surface area contributed by atoms with Crippen LogP contribution in [0.1, 0.15) is 22.7 Å². The average Bonchev–Trinajstić information content (AvgIpc) is 3.18. The Morgan fingerprint density at radius 1 is 1.32 bits per heavy atom. The first-order valence-corrected chi connectivity index (χ1v) is 8.68. The van der Waals surface area contributed by atoms with Crippen LogP contribution in [0.25, 0.3) is 11.9 Å². The summed E-state index contributed by atoms with van der Waals surface area (Å²) in [6.07, 6.45) is 1.49. The number of carbonyl (C=O) groups is 1. The molecule has 0 aliphatic rings. The first kappa shape index (κ1) is 19.4. The summed E-state index contributed by atoms with van der Waals surface area (Å²) >= 11 is 5.72. The Bertz CT molecular complexity index is 1140. The topological polar surface area (TPSA) is 83.9 Å². The summed E-state index contributed by atoms with van der Waals surface area (Å²) in [5, 5.41) is 15.9. The molecule has 8 heteroatoms. The normalized spacial score (nSPS) is 11.4. The summed E-state index contributed by atoms with van der Waals surface area (Å²) in [6, 6.07) is 9.32.